The number of hydrogen-bond acceptors (Lipinski definition) is 4. The normalized spacial score (nSPS) is 17.9. The van der Waals surface area contributed by atoms with Gasteiger partial charge in [-0.15, -0.1) is 10.2 Å². The molecule has 1 aromatic heterocycles. The molecule has 0 spiro atoms. The molecule has 0 aliphatic carbocycles. The maximum absolute atomic E-state index is 14.7. The molecule has 36 heavy (non-hydrogen) atoms. The summed E-state index contributed by atoms with van der Waals surface area (Å²) in [7, 11) is 0. The van der Waals surface area contributed by atoms with Crippen molar-refractivity contribution in [2.24, 2.45) is 5.92 Å². The van der Waals surface area contributed by atoms with Crippen LogP contribution < -0.4 is 5.32 Å². The summed E-state index contributed by atoms with van der Waals surface area (Å²) in [6, 6.07) is 10.5. The number of amides is 2. The molecule has 8 heteroatoms. The minimum Gasteiger partial charge on any atom is -0.338 e. The Bertz CT molecular complexity index is 1280. The van der Waals surface area contributed by atoms with E-state index in [2.05, 4.69) is 20.1 Å². The topological polar surface area (TPSA) is 80.1 Å². The molecule has 0 bridgehead atoms. The van der Waals surface area contributed by atoms with Gasteiger partial charge in [-0.1, -0.05) is 23.6 Å². The lowest BCUT2D eigenvalue weighted by molar-refractivity contribution is -0.121. The van der Waals surface area contributed by atoms with Crippen molar-refractivity contribution in [3.63, 3.8) is 0 Å². The summed E-state index contributed by atoms with van der Waals surface area (Å²) in [6.45, 7) is 5.70. The van der Waals surface area contributed by atoms with E-state index in [1.165, 1.54) is 6.07 Å². The molecule has 1 saturated heterocycles. The molecular formula is C28H32FN5O2. The summed E-state index contributed by atoms with van der Waals surface area (Å²) in [5.41, 5.74) is 3.55. The van der Waals surface area contributed by atoms with Crippen LogP contribution in [0.4, 0.5) is 10.1 Å². The third-order valence-electron chi connectivity index (χ3n) is 7.14. The molecule has 1 fully saturated rings. The van der Waals surface area contributed by atoms with Gasteiger partial charge >= 0.3 is 0 Å². The van der Waals surface area contributed by atoms with Gasteiger partial charge in [0, 0.05) is 37.2 Å². The number of nitrogens with zero attached hydrogens (tertiary/aromatic N) is 4. The van der Waals surface area contributed by atoms with E-state index in [0.717, 1.165) is 61.2 Å². The van der Waals surface area contributed by atoms with Crippen molar-refractivity contribution in [3.8, 4) is 11.4 Å². The highest BCUT2D eigenvalue weighted by Gasteiger charge is 2.30. The maximum atomic E-state index is 14.7. The number of anilines is 1. The van der Waals surface area contributed by atoms with Gasteiger partial charge in [-0.3, -0.25) is 9.59 Å². The Morgan fingerprint density at radius 2 is 1.78 bits per heavy atom. The number of hydrogen-bond donors (Lipinski definition) is 1. The zero-order chi connectivity index (χ0) is 25.2. The van der Waals surface area contributed by atoms with Crippen molar-refractivity contribution >= 4 is 17.5 Å². The lowest BCUT2D eigenvalue weighted by Crippen LogP contribution is -2.43. The maximum Gasteiger partial charge on any atom is 0.253 e. The van der Waals surface area contributed by atoms with Gasteiger partial charge in [-0.2, -0.15) is 0 Å². The lowest BCUT2D eigenvalue weighted by atomic mass is 9.96. The summed E-state index contributed by atoms with van der Waals surface area (Å²) >= 11 is 0. The van der Waals surface area contributed by atoms with Crippen LogP contribution in [-0.4, -0.2) is 44.6 Å². The lowest BCUT2D eigenvalue weighted by Gasteiger charge is -2.32. The zero-order valence-corrected chi connectivity index (χ0v) is 20.9. The molecule has 2 aliphatic heterocycles. The standard InChI is InChI=1S/C28H32FN5O2/c1-18-13-19(2)15-22(14-18)28(36)33-11-6-7-21(17-33)27(35)30-24-16-20(9-10-23(24)29)26-32-31-25-8-4-3-5-12-34(25)26/h9-10,13-16,21H,3-8,11-12,17H2,1-2H3,(H,30,35). The molecule has 1 unspecified atom stereocenters. The van der Waals surface area contributed by atoms with Gasteiger partial charge in [0.05, 0.1) is 11.6 Å². The van der Waals surface area contributed by atoms with E-state index in [1.54, 1.807) is 17.0 Å². The Kier molecular flexibility index (Phi) is 6.85. The largest absolute Gasteiger partial charge is 0.338 e. The van der Waals surface area contributed by atoms with Crippen LogP contribution >= 0.6 is 0 Å². The van der Waals surface area contributed by atoms with E-state index in [-0.39, 0.29) is 17.5 Å². The SMILES string of the molecule is Cc1cc(C)cc(C(=O)N2CCCC(C(=O)Nc3cc(-c4nnc5n4CCCCC5)ccc3F)C2)c1. The molecule has 1 atom stereocenters. The van der Waals surface area contributed by atoms with Crippen molar-refractivity contribution in [2.45, 2.75) is 58.9 Å². The fraction of sp³-hybridized carbons (Fsp3) is 0.429. The van der Waals surface area contributed by atoms with Crippen molar-refractivity contribution < 1.29 is 14.0 Å². The number of rotatable bonds is 4. The first kappa shape index (κ1) is 24.2. The third-order valence-corrected chi connectivity index (χ3v) is 7.14. The highest BCUT2D eigenvalue weighted by Crippen LogP contribution is 2.28. The second kappa shape index (κ2) is 10.2. The number of carbonyl (C=O) groups is 2. The molecule has 0 radical (unpaired) electrons. The molecule has 2 aromatic carbocycles. The Morgan fingerprint density at radius 3 is 2.58 bits per heavy atom. The number of piperidine rings is 1. The number of likely N-dealkylation sites (tertiary alicyclic amines) is 1. The molecule has 3 aromatic rings. The van der Waals surface area contributed by atoms with Crippen molar-refractivity contribution in [1.29, 1.82) is 0 Å². The van der Waals surface area contributed by atoms with E-state index in [9.17, 15) is 14.0 Å². The molecular weight excluding hydrogens is 457 g/mol. The number of fused-ring (bicyclic) bond motifs is 1. The van der Waals surface area contributed by atoms with Crippen LogP contribution in [0.2, 0.25) is 0 Å². The Balaban J connectivity index is 1.31. The first-order chi connectivity index (χ1) is 17.4. The summed E-state index contributed by atoms with van der Waals surface area (Å²) < 4.78 is 16.8. The van der Waals surface area contributed by atoms with Crippen LogP contribution in [0.25, 0.3) is 11.4 Å². The molecule has 2 aliphatic rings. The van der Waals surface area contributed by atoms with Crippen molar-refractivity contribution in [1.82, 2.24) is 19.7 Å². The number of nitrogens with one attached hydrogen (secondary N) is 1. The predicted molar refractivity (Wildman–Crippen MR) is 136 cm³/mol. The van der Waals surface area contributed by atoms with Crippen LogP contribution in [0.15, 0.2) is 36.4 Å². The van der Waals surface area contributed by atoms with Crippen LogP contribution in [0, 0.1) is 25.6 Å². The van der Waals surface area contributed by atoms with Gasteiger partial charge in [-0.05, 0) is 69.9 Å². The highest BCUT2D eigenvalue weighted by atomic mass is 19.1. The van der Waals surface area contributed by atoms with E-state index in [1.807, 2.05) is 32.0 Å². The molecule has 5 rings (SSSR count). The smallest absolute Gasteiger partial charge is 0.253 e. The first-order valence-electron chi connectivity index (χ1n) is 12.8. The number of carbonyl (C=O) groups excluding carboxylic acids is 2. The number of aromatic nitrogens is 3. The molecule has 3 heterocycles. The molecule has 0 saturated carbocycles. The van der Waals surface area contributed by atoms with Crippen LogP contribution in [0.5, 0.6) is 0 Å². The van der Waals surface area contributed by atoms with Gasteiger partial charge in [0.25, 0.3) is 5.91 Å². The van der Waals surface area contributed by atoms with Gasteiger partial charge in [0.1, 0.15) is 11.6 Å². The van der Waals surface area contributed by atoms with E-state index in [4.69, 9.17) is 0 Å². The second-order valence-corrected chi connectivity index (χ2v) is 10.1. The van der Waals surface area contributed by atoms with Crippen molar-refractivity contribution in [3.05, 3.63) is 64.7 Å². The fourth-order valence-electron chi connectivity index (χ4n) is 5.35. The van der Waals surface area contributed by atoms with Crippen LogP contribution in [0.3, 0.4) is 0 Å². The van der Waals surface area contributed by atoms with Crippen LogP contribution in [0.1, 0.15) is 59.4 Å². The molecule has 1 N–H and O–H groups in total. The molecule has 2 amide bonds. The minimum absolute atomic E-state index is 0.0695. The Labute approximate surface area is 210 Å². The van der Waals surface area contributed by atoms with Gasteiger partial charge in [0.15, 0.2) is 5.82 Å². The average molecular weight is 490 g/mol. The van der Waals surface area contributed by atoms with Gasteiger partial charge < -0.3 is 14.8 Å². The number of aryl methyl sites for hydroxylation is 3. The fourth-order valence-corrected chi connectivity index (χ4v) is 5.35. The predicted octanol–water partition coefficient (Wildman–Crippen LogP) is 4.92. The second-order valence-electron chi connectivity index (χ2n) is 10.1. The molecule has 188 valence electrons. The number of halogens is 1. The average Bonchev–Trinajstić information content (AvgIpc) is 3.12. The van der Waals surface area contributed by atoms with E-state index < -0.39 is 11.7 Å². The minimum atomic E-state index is -0.498. The van der Waals surface area contributed by atoms with E-state index >= 15 is 0 Å². The number of benzene rings is 2. The summed E-state index contributed by atoms with van der Waals surface area (Å²) in [6.07, 6.45) is 5.56. The first-order valence-corrected chi connectivity index (χ1v) is 12.8. The summed E-state index contributed by atoms with van der Waals surface area (Å²) in [4.78, 5) is 28.0. The van der Waals surface area contributed by atoms with E-state index in [0.29, 0.717) is 30.9 Å². The summed E-state index contributed by atoms with van der Waals surface area (Å²) in [5.74, 6) is 0.408. The van der Waals surface area contributed by atoms with Crippen LogP contribution in [-0.2, 0) is 17.8 Å². The molecule has 7 nitrogen and oxygen atoms in total. The quantitative estimate of drug-likeness (QED) is 0.564. The summed E-state index contributed by atoms with van der Waals surface area (Å²) in [5, 5.41) is 11.5. The monoisotopic (exact) mass is 489 g/mol. The zero-order valence-electron chi connectivity index (χ0n) is 20.9. The van der Waals surface area contributed by atoms with Crippen molar-refractivity contribution in [2.75, 3.05) is 18.4 Å². The third kappa shape index (κ3) is 5.03. The Morgan fingerprint density at radius 1 is 0.972 bits per heavy atom. The van der Waals surface area contributed by atoms with Gasteiger partial charge in [-0.25, -0.2) is 4.39 Å². The highest BCUT2D eigenvalue weighted by molar-refractivity contribution is 5.96. The van der Waals surface area contributed by atoms with Gasteiger partial charge in [0.2, 0.25) is 5.91 Å². The Hall–Kier alpha value is -3.55.